The van der Waals surface area contributed by atoms with Gasteiger partial charge in [-0.05, 0) is 20.8 Å². The number of hydrogen-bond donors (Lipinski definition) is 1. The summed E-state index contributed by atoms with van der Waals surface area (Å²) in [6.45, 7) is 11.8. The molecule has 2 amide bonds. The van der Waals surface area contributed by atoms with Crippen LogP contribution < -0.4 is 5.32 Å². The Bertz CT molecular complexity index is 598. The molecule has 1 atom stereocenters. The molecular formula is C16H26N4O2S. The van der Waals surface area contributed by atoms with Crippen LogP contribution in [-0.4, -0.2) is 44.2 Å². The van der Waals surface area contributed by atoms with Gasteiger partial charge in [0.25, 0.3) is 0 Å². The molecule has 1 aromatic rings. The molecule has 0 unspecified atom stereocenters. The molecule has 7 heteroatoms. The summed E-state index contributed by atoms with van der Waals surface area (Å²) in [6.07, 6.45) is 3.46. The summed E-state index contributed by atoms with van der Waals surface area (Å²) in [5, 5.41) is 7.16. The first-order chi connectivity index (χ1) is 10.5. The monoisotopic (exact) mass is 338 g/mol. The summed E-state index contributed by atoms with van der Waals surface area (Å²) in [6, 6.07) is -0.426. The lowest BCUT2D eigenvalue weighted by Crippen LogP contribution is -2.48. The zero-order valence-electron chi connectivity index (χ0n) is 14.7. The van der Waals surface area contributed by atoms with Gasteiger partial charge in [-0.1, -0.05) is 20.8 Å². The number of nitrogens with one attached hydrogen (secondary N) is 1. The van der Waals surface area contributed by atoms with Crippen molar-refractivity contribution in [3.8, 4) is 0 Å². The van der Waals surface area contributed by atoms with Gasteiger partial charge >= 0.3 is 0 Å². The maximum Gasteiger partial charge on any atom is 0.248 e. The van der Waals surface area contributed by atoms with Gasteiger partial charge < -0.3 is 10.2 Å². The molecule has 0 spiro atoms. The molecular weight excluding hydrogens is 312 g/mol. The van der Waals surface area contributed by atoms with Crippen LogP contribution in [0.15, 0.2) is 12.4 Å². The number of aromatic nitrogens is 2. The standard InChI is InChI=1S/C16H26N4O2S/c1-15(2,3)14(22)19-10-23-9-12(19)13(21)18-11-7-17-20(8-11)16(4,5)6/h7-8,12H,9-10H2,1-6H3,(H,18,21)/t12-/m1/s1. The second-order valence-corrected chi connectivity index (χ2v) is 8.87. The molecule has 23 heavy (non-hydrogen) atoms. The van der Waals surface area contributed by atoms with Crippen LogP contribution in [0.25, 0.3) is 0 Å². The number of hydrogen-bond acceptors (Lipinski definition) is 4. The van der Waals surface area contributed by atoms with E-state index in [1.807, 2.05) is 52.4 Å². The van der Waals surface area contributed by atoms with Crippen molar-refractivity contribution in [2.45, 2.75) is 53.1 Å². The Morgan fingerprint density at radius 2 is 1.91 bits per heavy atom. The maximum absolute atomic E-state index is 12.6. The SMILES string of the molecule is CC(C)(C)C(=O)N1CSC[C@@H]1C(=O)Nc1cnn(C(C)(C)C)c1. The van der Waals surface area contributed by atoms with Crippen molar-refractivity contribution in [1.29, 1.82) is 0 Å². The van der Waals surface area contributed by atoms with E-state index < -0.39 is 11.5 Å². The van der Waals surface area contributed by atoms with Gasteiger partial charge in [0.15, 0.2) is 0 Å². The van der Waals surface area contributed by atoms with Gasteiger partial charge in [-0.3, -0.25) is 14.3 Å². The van der Waals surface area contributed by atoms with Crippen molar-refractivity contribution < 1.29 is 9.59 Å². The predicted octanol–water partition coefficient (Wildman–Crippen LogP) is 2.52. The third kappa shape index (κ3) is 4.07. The van der Waals surface area contributed by atoms with Gasteiger partial charge in [-0.2, -0.15) is 5.10 Å². The molecule has 1 N–H and O–H groups in total. The highest BCUT2D eigenvalue weighted by Crippen LogP contribution is 2.28. The molecule has 0 bridgehead atoms. The van der Waals surface area contributed by atoms with Crippen molar-refractivity contribution in [3.63, 3.8) is 0 Å². The number of carbonyl (C=O) groups is 2. The largest absolute Gasteiger partial charge is 0.322 e. The lowest BCUT2D eigenvalue weighted by molar-refractivity contribution is -0.143. The molecule has 0 aromatic carbocycles. The molecule has 0 aliphatic carbocycles. The fourth-order valence-electron chi connectivity index (χ4n) is 2.27. The molecule has 1 fully saturated rings. The van der Waals surface area contributed by atoms with Crippen LogP contribution in [0.4, 0.5) is 5.69 Å². The highest BCUT2D eigenvalue weighted by atomic mass is 32.2. The van der Waals surface area contributed by atoms with E-state index in [4.69, 9.17) is 0 Å². The van der Waals surface area contributed by atoms with Crippen LogP contribution in [0.1, 0.15) is 41.5 Å². The number of rotatable bonds is 2. The number of amides is 2. The van der Waals surface area contributed by atoms with Crippen molar-refractivity contribution >= 4 is 29.3 Å². The lowest BCUT2D eigenvalue weighted by atomic mass is 9.94. The maximum atomic E-state index is 12.6. The first-order valence-electron chi connectivity index (χ1n) is 7.75. The minimum atomic E-state index is -0.486. The third-order valence-electron chi connectivity index (χ3n) is 3.62. The second-order valence-electron chi connectivity index (χ2n) is 7.87. The van der Waals surface area contributed by atoms with Crippen LogP contribution in [-0.2, 0) is 15.1 Å². The highest BCUT2D eigenvalue weighted by molar-refractivity contribution is 7.99. The molecule has 1 saturated heterocycles. The zero-order chi connectivity index (χ0) is 17.4. The van der Waals surface area contributed by atoms with Crippen LogP contribution in [0.2, 0.25) is 0 Å². The number of anilines is 1. The van der Waals surface area contributed by atoms with Crippen LogP contribution in [0, 0.1) is 5.41 Å². The molecule has 1 aliphatic heterocycles. The molecule has 128 valence electrons. The topological polar surface area (TPSA) is 67.2 Å². The predicted molar refractivity (Wildman–Crippen MR) is 93.3 cm³/mol. The Labute approximate surface area is 142 Å². The molecule has 6 nitrogen and oxygen atoms in total. The molecule has 0 saturated carbocycles. The minimum Gasteiger partial charge on any atom is -0.322 e. The Morgan fingerprint density at radius 1 is 1.26 bits per heavy atom. The zero-order valence-corrected chi connectivity index (χ0v) is 15.5. The molecule has 1 aliphatic rings. The number of thioether (sulfide) groups is 1. The van der Waals surface area contributed by atoms with Crippen molar-refractivity contribution in [3.05, 3.63) is 12.4 Å². The van der Waals surface area contributed by atoms with E-state index in [9.17, 15) is 9.59 Å². The van der Waals surface area contributed by atoms with E-state index in [1.165, 1.54) is 0 Å². The Balaban J connectivity index is 2.08. The normalized spacial score (nSPS) is 19.0. The first-order valence-corrected chi connectivity index (χ1v) is 8.90. The number of carbonyl (C=O) groups excluding carboxylic acids is 2. The lowest BCUT2D eigenvalue weighted by Gasteiger charge is -2.29. The van der Waals surface area contributed by atoms with Crippen LogP contribution in [0.5, 0.6) is 0 Å². The fourth-order valence-corrected chi connectivity index (χ4v) is 3.42. The highest BCUT2D eigenvalue weighted by Gasteiger charge is 2.39. The minimum absolute atomic E-state index is 0.00744. The first kappa shape index (κ1) is 17.8. The van der Waals surface area contributed by atoms with Crippen molar-refractivity contribution in [1.82, 2.24) is 14.7 Å². The van der Waals surface area contributed by atoms with E-state index >= 15 is 0 Å². The smallest absolute Gasteiger partial charge is 0.248 e. The summed E-state index contributed by atoms with van der Waals surface area (Å²) >= 11 is 1.61. The summed E-state index contributed by atoms with van der Waals surface area (Å²) in [4.78, 5) is 26.7. The molecule has 1 aromatic heterocycles. The van der Waals surface area contributed by atoms with Gasteiger partial charge in [0.1, 0.15) is 6.04 Å². The molecule has 0 radical (unpaired) electrons. The Morgan fingerprint density at radius 3 is 2.43 bits per heavy atom. The van der Waals surface area contributed by atoms with Gasteiger partial charge in [0.2, 0.25) is 11.8 Å². The molecule has 2 rings (SSSR count). The summed E-state index contributed by atoms with van der Waals surface area (Å²) in [5.74, 6) is 1.05. The quantitative estimate of drug-likeness (QED) is 0.900. The van der Waals surface area contributed by atoms with E-state index in [-0.39, 0.29) is 17.4 Å². The Hall–Kier alpha value is -1.50. The van der Waals surface area contributed by atoms with Gasteiger partial charge in [-0.25, -0.2) is 0 Å². The molecule has 2 heterocycles. The van der Waals surface area contributed by atoms with E-state index in [0.29, 0.717) is 17.3 Å². The average molecular weight is 338 g/mol. The van der Waals surface area contributed by atoms with Crippen LogP contribution in [0.3, 0.4) is 0 Å². The van der Waals surface area contributed by atoms with Crippen molar-refractivity contribution in [2.24, 2.45) is 5.41 Å². The summed E-state index contributed by atoms with van der Waals surface area (Å²) in [7, 11) is 0. The van der Waals surface area contributed by atoms with Crippen LogP contribution >= 0.6 is 11.8 Å². The summed E-state index contributed by atoms with van der Waals surface area (Å²) < 4.78 is 1.81. The average Bonchev–Trinajstić information content (AvgIpc) is 3.03. The van der Waals surface area contributed by atoms with Crippen molar-refractivity contribution in [2.75, 3.05) is 16.9 Å². The van der Waals surface area contributed by atoms with E-state index in [2.05, 4.69) is 10.4 Å². The summed E-state index contributed by atoms with van der Waals surface area (Å²) in [5.41, 5.74) is 0.0334. The van der Waals surface area contributed by atoms with Gasteiger partial charge in [0.05, 0.1) is 23.3 Å². The Kier molecular flexibility index (Phi) is 4.80. The fraction of sp³-hybridized carbons (Fsp3) is 0.688. The van der Waals surface area contributed by atoms with E-state index in [0.717, 1.165) is 0 Å². The van der Waals surface area contributed by atoms with Gasteiger partial charge in [-0.15, -0.1) is 11.8 Å². The third-order valence-corrected chi connectivity index (χ3v) is 4.64. The van der Waals surface area contributed by atoms with Gasteiger partial charge in [0, 0.05) is 17.4 Å². The second kappa shape index (κ2) is 6.19. The van der Waals surface area contributed by atoms with E-state index in [1.54, 1.807) is 22.9 Å². The number of nitrogens with zero attached hydrogens (tertiary/aromatic N) is 3.